The number of rotatable bonds is 15. The largest absolute Gasteiger partial charge is 0.357 e. The Morgan fingerprint density at radius 2 is 0.900 bits per heavy atom. The molecule has 0 unspecified atom stereocenters. The van der Waals surface area contributed by atoms with E-state index in [4.69, 9.17) is 18.9 Å². The van der Waals surface area contributed by atoms with Gasteiger partial charge in [-0.25, -0.2) is 0 Å². The fourth-order valence-electron chi connectivity index (χ4n) is 1.63. The predicted octanol–water partition coefficient (Wildman–Crippen LogP) is 2.72. The Bertz CT molecular complexity index is 164. The smallest absolute Gasteiger partial charge is 0.137 e. The molecule has 0 atom stereocenters. The average Bonchev–Trinajstić information content (AvgIpc) is 2.43. The average molecular weight is 319 g/mol. The second-order valence-corrected chi connectivity index (χ2v) is 6.86. The first-order chi connectivity index (χ1) is 9.78. The zero-order valence-electron chi connectivity index (χ0n) is 13.4. The van der Waals surface area contributed by atoms with Crippen LogP contribution in [0.1, 0.15) is 40.5 Å². The molecule has 0 heterocycles. The van der Waals surface area contributed by atoms with Crippen molar-refractivity contribution in [3.63, 3.8) is 0 Å². The van der Waals surface area contributed by atoms with E-state index in [1.54, 1.807) is 0 Å². The fourth-order valence-corrected chi connectivity index (χ4v) is 4.14. The maximum atomic E-state index is 5.54. The molecular formula is C14H30O4Si2. The van der Waals surface area contributed by atoms with Crippen molar-refractivity contribution in [2.75, 3.05) is 26.4 Å². The Morgan fingerprint density at radius 1 is 0.600 bits per heavy atom. The second-order valence-electron chi connectivity index (χ2n) is 4.10. The summed E-state index contributed by atoms with van der Waals surface area (Å²) in [6.07, 6.45) is 2.46. The summed E-state index contributed by atoms with van der Waals surface area (Å²) in [5.41, 5.74) is 0. The van der Waals surface area contributed by atoms with Gasteiger partial charge in [0, 0.05) is 26.4 Å². The van der Waals surface area contributed by atoms with E-state index in [0.29, 0.717) is 0 Å². The van der Waals surface area contributed by atoms with Crippen LogP contribution in [0.4, 0.5) is 0 Å². The van der Waals surface area contributed by atoms with Gasteiger partial charge in [-0.05, 0) is 27.7 Å². The van der Waals surface area contributed by atoms with Crippen LogP contribution in [0.25, 0.3) is 0 Å². The van der Waals surface area contributed by atoms with Crippen molar-refractivity contribution in [1.29, 1.82) is 0 Å². The maximum absolute atomic E-state index is 5.54. The summed E-state index contributed by atoms with van der Waals surface area (Å²) in [5, 5.41) is 0. The van der Waals surface area contributed by atoms with Gasteiger partial charge in [-0.1, -0.05) is 24.9 Å². The first-order valence-electron chi connectivity index (χ1n) is 7.71. The van der Waals surface area contributed by atoms with Gasteiger partial charge < -0.3 is 18.9 Å². The summed E-state index contributed by atoms with van der Waals surface area (Å²) < 4.78 is 22.2. The van der Waals surface area contributed by atoms with E-state index in [1.807, 2.05) is 27.7 Å². The minimum Gasteiger partial charge on any atom is -0.357 e. The van der Waals surface area contributed by atoms with Crippen LogP contribution in [0.5, 0.6) is 0 Å². The summed E-state index contributed by atoms with van der Waals surface area (Å²) >= 11 is 0. The number of unbranched alkanes of at least 4 members (excludes halogenated alkanes) is 1. The first-order valence-corrected chi connectivity index (χ1v) is 10.3. The van der Waals surface area contributed by atoms with Gasteiger partial charge in [-0.3, -0.25) is 0 Å². The summed E-state index contributed by atoms with van der Waals surface area (Å²) in [6, 6.07) is 2.37. The van der Waals surface area contributed by atoms with Crippen molar-refractivity contribution < 1.29 is 18.9 Å². The van der Waals surface area contributed by atoms with E-state index >= 15 is 0 Å². The van der Waals surface area contributed by atoms with Gasteiger partial charge in [-0.2, -0.15) is 0 Å². The van der Waals surface area contributed by atoms with Gasteiger partial charge in [0.1, 0.15) is 30.9 Å². The molecule has 4 nitrogen and oxygen atoms in total. The Labute approximate surface area is 129 Å². The van der Waals surface area contributed by atoms with Crippen LogP contribution in [-0.4, -0.2) is 57.3 Å². The molecule has 0 aromatic heterocycles. The maximum Gasteiger partial charge on any atom is 0.137 e. The molecule has 0 amide bonds. The monoisotopic (exact) mass is 318 g/mol. The van der Waals surface area contributed by atoms with Gasteiger partial charge in [0.05, 0.1) is 0 Å². The predicted molar refractivity (Wildman–Crippen MR) is 84.4 cm³/mol. The quantitative estimate of drug-likeness (QED) is 0.264. The lowest BCUT2D eigenvalue weighted by molar-refractivity contribution is -0.0832. The number of hydrogen-bond donors (Lipinski definition) is 0. The third kappa shape index (κ3) is 12.0. The fraction of sp³-hybridized carbons (Fsp3) is 1.00. The third-order valence-electron chi connectivity index (χ3n) is 2.50. The van der Waals surface area contributed by atoms with Crippen molar-refractivity contribution in [1.82, 2.24) is 0 Å². The lowest BCUT2D eigenvalue weighted by Crippen LogP contribution is -2.25. The second kappa shape index (κ2) is 15.7. The van der Waals surface area contributed by atoms with Crippen molar-refractivity contribution in [3.05, 3.63) is 0 Å². The summed E-state index contributed by atoms with van der Waals surface area (Å²) in [6.45, 7) is 11.0. The van der Waals surface area contributed by atoms with E-state index in [1.165, 1.54) is 24.9 Å². The lowest BCUT2D eigenvalue weighted by atomic mass is 10.4. The lowest BCUT2D eigenvalue weighted by Gasteiger charge is -2.17. The van der Waals surface area contributed by atoms with Gasteiger partial charge in [0.25, 0.3) is 0 Å². The van der Waals surface area contributed by atoms with Crippen LogP contribution in [0, 0.1) is 0 Å². The van der Waals surface area contributed by atoms with Crippen molar-refractivity contribution in [2.24, 2.45) is 0 Å². The van der Waals surface area contributed by atoms with Crippen molar-refractivity contribution >= 4 is 19.0 Å². The molecule has 0 aromatic carbocycles. The Morgan fingerprint density at radius 3 is 1.15 bits per heavy atom. The number of ether oxygens (including phenoxy) is 4. The van der Waals surface area contributed by atoms with E-state index in [2.05, 4.69) is 0 Å². The molecule has 0 aromatic rings. The molecule has 6 heteroatoms. The molecule has 0 saturated carbocycles. The van der Waals surface area contributed by atoms with Gasteiger partial charge in [-0.15, -0.1) is 0 Å². The van der Waals surface area contributed by atoms with Crippen LogP contribution in [0.15, 0.2) is 0 Å². The molecule has 0 aliphatic carbocycles. The van der Waals surface area contributed by atoms with Gasteiger partial charge >= 0.3 is 0 Å². The highest BCUT2D eigenvalue weighted by molar-refractivity contribution is 6.37. The third-order valence-corrected chi connectivity index (χ3v) is 5.12. The molecule has 4 radical (unpaired) electrons. The van der Waals surface area contributed by atoms with Crippen LogP contribution < -0.4 is 0 Å². The summed E-state index contributed by atoms with van der Waals surface area (Å²) in [4.78, 5) is 0. The van der Waals surface area contributed by atoms with E-state index < -0.39 is 0 Å². The zero-order valence-corrected chi connectivity index (χ0v) is 15.4. The summed E-state index contributed by atoms with van der Waals surface area (Å²) in [5.74, 6) is 0.0130. The molecule has 0 spiro atoms. The topological polar surface area (TPSA) is 36.9 Å². The molecule has 0 fully saturated rings. The van der Waals surface area contributed by atoms with Gasteiger partial charge in [0.15, 0.2) is 0 Å². The first kappa shape index (κ1) is 20.3. The Kier molecular flexibility index (Phi) is 15.9. The van der Waals surface area contributed by atoms with Crippen molar-refractivity contribution in [3.8, 4) is 0 Å². The standard InChI is InChI=1S/C14H30O4Si2/c1-5-15-13(16-6-2)19-11-9-10-12-20-14(17-7-3)18-8-4/h13-14H,5-12H2,1-4H3. The van der Waals surface area contributed by atoms with Gasteiger partial charge in [0.2, 0.25) is 0 Å². The van der Waals surface area contributed by atoms with E-state index in [-0.39, 0.29) is 11.8 Å². The molecule has 0 saturated heterocycles. The Balaban J connectivity index is 3.53. The highest BCUT2D eigenvalue weighted by Crippen LogP contribution is 2.06. The molecule has 20 heavy (non-hydrogen) atoms. The molecule has 118 valence electrons. The minimum absolute atomic E-state index is 0.00652. The van der Waals surface area contributed by atoms with E-state index in [9.17, 15) is 0 Å². The molecule has 0 N–H and O–H groups in total. The molecule has 0 aliphatic heterocycles. The summed E-state index contributed by atoms with van der Waals surface area (Å²) in [7, 11) is 1.48. The molecule has 0 bridgehead atoms. The van der Waals surface area contributed by atoms with Crippen LogP contribution >= 0.6 is 0 Å². The van der Waals surface area contributed by atoms with E-state index in [0.717, 1.165) is 45.5 Å². The highest BCUT2D eigenvalue weighted by Gasteiger charge is 2.10. The highest BCUT2D eigenvalue weighted by atomic mass is 28.2. The molecular weight excluding hydrogens is 288 g/mol. The molecule has 0 aliphatic rings. The van der Waals surface area contributed by atoms with Crippen LogP contribution in [0.2, 0.25) is 12.1 Å². The van der Waals surface area contributed by atoms with Crippen LogP contribution in [-0.2, 0) is 18.9 Å². The zero-order chi connectivity index (χ0) is 15.1. The molecule has 0 rings (SSSR count). The minimum atomic E-state index is 0.00652. The van der Waals surface area contributed by atoms with Crippen molar-refractivity contribution in [2.45, 2.75) is 64.5 Å². The number of hydrogen-bond acceptors (Lipinski definition) is 4. The van der Waals surface area contributed by atoms with Crippen LogP contribution in [0.3, 0.4) is 0 Å². The Hall–Kier alpha value is 0.274. The normalized spacial score (nSPS) is 11.7. The SMILES string of the molecule is CCOC(OCC)[Si]CCCC[Si]C(OCC)OCC.